The van der Waals surface area contributed by atoms with Gasteiger partial charge in [-0.25, -0.2) is 9.97 Å². The molecular formula is C16H20N6. The van der Waals surface area contributed by atoms with Crippen molar-refractivity contribution >= 4 is 16.9 Å². The molecule has 0 bridgehead atoms. The minimum absolute atomic E-state index is 0.732. The summed E-state index contributed by atoms with van der Waals surface area (Å²) in [5, 5.41) is 8.20. The maximum atomic E-state index is 4.35. The zero-order valence-electron chi connectivity index (χ0n) is 13.1. The fourth-order valence-electron chi connectivity index (χ4n) is 2.42. The van der Waals surface area contributed by atoms with Gasteiger partial charge in [0.1, 0.15) is 0 Å². The lowest BCUT2D eigenvalue weighted by molar-refractivity contribution is 0.318. The van der Waals surface area contributed by atoms with Gasteiger partial charge in [0, 0.05) is 50.5 Å². The van der Waals surface area contributed by atoms with Crippen LogP contribution in [-0.4, -0.2) is 46.2 Å². The number of nitrogens with one attached hydrogen (secondary N) is 1. The van der Waals surface area contributed by atoms with Gasteiger partial charge in [0.05, 0.1) is 11.7 Å². The molecule has 2 heterocycles. The number of aromatic amines is 1. The molecule has 0 saturated heterocycles. The fourth-order valence-corrected chi connectivity index (χ4v) is 2.42. The highest BCUT2D eigenvalue weighted by atomic mass is 15.2. The number of anilines is 1. The Morgan fingerprint density at radius 3 is 2.41 bits per heavy atom. The van der Waals surface area contributed by atoms with E-state index in [-0.39, 0.29) is 0 Å². The normalized spacial score (nSPS) is 11.3. The molecule has 2 aromatic heterocycles. The van der Waals surface area contributed by atoms with Crippen molar-refractivity contribution < 1.29 is 0 Å². The van der Waals surface area contributed by atoms with Crippen LogP contribution >= 0.6 is 0 Å². The molecule has 6 heteroatoms. The maximum Gasteiger partial charge on any atom is 0.224 e. The quantitative estimate of drug-likeness (QED) is 0.781. The van der Waals surface area contributed by atoms with Crippen LogP contribution in [0, 0.1) is 0 Å². The lowest BCUT2D eigenvalue weighted by Gasteiger charge is -2.17. The maximum absolute atomic E-state index is 4.35. The van der Waals surface area contributed by atoms with Crippen LogP contribution in [-0.2, 0) is 13.1 Å². The van der Waals surface area contributed by atoms with Gasteiger partial charge in [-0.2, -0.15) is 5.10 Å². The molecule has 0 fully saturated rings. The van der Waals surface area contributed by atoms with Crippen LogP contribution in [0.5, 0.6) is 0 Å². The van der Waals surface area contributed by atoms with Gasteiger partial charge >= 0.3 is 0 Å². The van der Waals surface area contributed by atoms with E-state index in [1.165, 1.54) is 5.56 Å². The Hall–Kier alpha value is -2.47. The van der Waals surface area contributed by atoms with Crippen LogP contribution in [0.3, 0.4) is 0 Å². The van der Waals surface area contributed by atoms with Crippen molar-refractivity contribution in [1.29, 1.82) is 0 Å². The second-order valence-corrected chi connectivity index (χ2v) is 5.75. The van der Waals surface area contributed by atoms with Crippen molar-refractivity contribution in [2.24, 2.45) is 0 Å². The van der Waals surface area contributed by atoms with Crippen LogP contribution < -0.4 is 4.90 Å². The average molecular weight is 296 g/mol. The minimum atomic E-state index is 0.732. The molecule has 0 aliphatic rings. The van der Waals surface area contributed by atoms with E-state index in [1.807, 2.05) is 37.6 Å². The number of rotatable bonds is 5. The van der Waals surface area contributed by atoms with Crippen molar-refractivity contribution in [1.82, 2.24) is 25.1 Å². The van der Waals surface area contributed by atoms with Gasteiger partial charge in [0.25, 0.3) is 0 Å². The van der Waals surface area contributed by atoms with Gasteiger partial charge in [0.2, 0.25) is 5.95 Å². The van der Waals surface area contributed by atoms with Gasteiger partial charge in [0.15, 0.2) is 0 Å². The van der Waals surface area contributed by atoms with Crippen LogP contribution in [0.1, 0.15) is 11.1 Å². The van der Waals surface area contributed by atoms with E-state index in [2.05, 4.69) is 50.3 Å². The van der Waals surface area contributed by atoms with E-state index in [4.69, 9.17) is 0 Å². The third kappa shape index (κ3) is 3.23. The molecule has 22 heavy (non-hydrogen) atoms. The summed E-state index contributed by atoms with van der Waals surface area (Å²) < 4.78 is 0. The molecule has 3 aromatic rings. The third-order valence-electron chi connectivity index (χ3n) is 3.50. The van der Waals surface area contributed by atoms with Crippen molar-refractivity contribution in [2.75, 3.05) is 26.0 Å². The van der Waals surface area contributed by atoms with Crippen LogP contribution in [0.4, 0.5) is 5.95 Å². The van der Waals surface area contributed by atoms with E-state index in [0.29, 0.717) is 0 Å². The largest absolute Gasteiger partial charge is 0.347 e. The molecule has 0 radical (unpaired) electrons. The predicted molar refractivity (Wildman–Crippen MR) is 87.6 cm³/mol. The zero-order chi connectivity index (χ0) is 15.5. The number of fused-ring (bicyclic) bond motifs is 1. The summed E-state index contributed by atoms with van der Waals surface area (Å²) in [4.78, 5) is 12.8. The van der Waals surface area contributed by atoms with Crippen molar-refractivity contribution in [3.63, 3.8) is 0 Å². The van der Waals surface area contributed by atoms with E-state index in [9.17, 15) is 0 Å². The molecule has 0 aliphatic heterocycles. The molecule has 1 aromatic carbocycles. The topological polar surface area (TPSA) is 60.9 Å². The summed E-state index contributed by atoms with van der Waals surface area (Å²) in [6, 6.07) is 6.38. The molecule has 0 aliphatic carbocycles. The zero-order valence-corrected chi connectivity index (χ0v) is 13.1. The SMILES string of the molecule is CN(Cc1cnc(N(C)C)nc1)Cc1ccc2cn[nH]c2c1. The summed E-state index contributed by atoms with van der Waals surface area (Å²) >= 11 is 0. The van der Waals surface area contributed by atoms with Gasteiger partial charge < -0.3 is 4.90 Å². The number of hydrogen-bond donors (Lipinski definition) is 1. The number of nitrogens with zero attached hydrogens (tertiary/aromatic N) is 5. The summed E-state index contributed by atoms with van der Waals surface area (Å²) in [6.45, 7) is 1.68. The van der Waals surface area contributed by atoms with E-state index < -0.39 is 0 Å². The van der Waals surface area contributed by atoms with Crippen LogP contribution in [0.25, 0.3) is 10.9 Å². The highest BCUT2D eigenvalue weighted by Gasteiger charge is 2.05. The van der Waals surface area contributed by atoms with Crippen LogP contribution in [0.2, 0.25) is 0 Å². The van der Waals surface area contributed by atoms with E-state index in [1.54, 1.807) is 0 Å². The Bertz CT molecular complexity index is 747. The molecule has 114 valence electrons. The summed E-state index contributed by atoms with van der Waals surface area (Å²) in [6.07, 6.45) is 5.61. The summed E-state index contributed by atoms with van der Waals surface area (Å²) in [7, 11) is 5.97. The Labute approximate surface area is 129 Å². The molecule has 0 unspecified atom stereocenters. The minimum Gasteiger partial charge on any atom is -0.347 e. The van der Waals surface area contributed by atoms with Gasteiger partial charge in [-0.1, -0.05) is 12.1 Å². The lowest BCUT2D eigenvalue weighted by atomic mass is 10.1. The van der Waals surface area contributed by atoms with Crippen molar-refractivity contribution in [2.45, 2.75) is 13.1 Å². The third-order valence-corrected chi connectivity index (χ3v) is 3.50. The van der Waals surface area contributed by atoms with Gasteiger partial charge in [-0.3, -0.25) is 10.00 Å². The molecule has 3 rings (SSSR count). The molecule has 1 N–H and O–H groups in total. The smallest absolute Gasteiger partial charge is 0.224 e. The van der Waals surface area contributed by atoms with E-state index in [0.717, 1.165) is 35.5 Å². The first-order chi connectivity index (χ1) is 10.6. The monoisotopic (exact) mass is 296 g/mol. The van der Waals surface area contributed by atoms with Gasteiger partial charge in [-0.15, -0.1) is 0 Å². The first kappa shape index (κ1) is 14.5. The van der Waals surface area contributed by atoms with Crippen LogP contribution in [0.15, 0.2) is 36.8 Å². The average Bonchev–Trinajstić information content (AvgIpc) is 2.95. The number of benzene rings is 1. The highest BCUT2D eigenvalue weighted by molar-refractivity contribution is 5.78. The van der Waals surface area contributed by atoms with Gasteiger partial charge in [-0.05, 0) is 18.7 Å². The molecule has 6 nitrogen and oxygen atoms in total. The lowest BCUT2D eigenvalue weighted by Crippen LogP contribution is -2.18. The predicted octanol–water partition coefficient (Wildman–Crippen LogP) is 2.05. The summed E-state index contributed by atoms with van der Waals surface area (Å²) in [5.41, 5.74) is 3.44. The first-order valence-electron chi connectivity index (χ1n) is 7.20. The number of hydrogen-bond acceptors (Lipinski definition) is 5. The highest BCUT2D eigenvalue weighted by Crippen LogP contribution is 2.15. The standard InChI is InChI=1S/C16H20N6/c1-21(2)16-17-7-13(8-18-16)11-22(3)10-12-4-5-14-9-19-20-15(14)6-12/h4-9H,10-11H2,1-3H3,(H,19,20). The Balaban J connectivity index is 1.65. The molecular weight excluding hydrogens is 276 g/mol. The molecule has 0 amide bonds. The first-order valence-corrected chi connectivity index (χ1v) is 7.20. The second kappa shape index (κ2) is 6.11. The molecule has 0 spiro atoms. The molecule has 0 atom stereocenters. The van der Waals surface area contributed by atoms with Crippen molar-refractivity contribution in [3.05, 3.63) is 47.9 Å². The number of aromatic nitrogens is 4. The fraction of sp³-hybridized carbons (Fsp3) is 0.312. The Kier molecular flexibility index (Phi) is 4.02. The summed E-state index contributed by atoms with van der Waals surface area (Å²) in [5.74, 6) is 0.732. The number of H-pyrrole nitrogens is 1. The van der Waals surface area contributed by atoms with E-state index >= 15 is 0 Å². The Morgan fingerprint density at radius 2 is 1.68 bits per heavy atom. The molecule has 0 saturated carbocycles. The second-order valence-electron chi connectivity index (χ2n) is 5.75. The Morgan fingerprint density at radius 1 is 0.955 bits per heavy atom. The van der Waals surface area contributed by atoms with Crippen molar-refractivity contribution in [3.8, 4) is 0 Å².